The molecule has 4 N–H and O–H groups in total. The van der Waals surface area contributed by atoms with Crippen LogP contribution in [0.5, 0.6) is 5.75 Å². The first-order valence-corrected chi connectivity index (χ1v) is 21.8. The summed E-state index contributed by atoms with van der Waals surface area (Å²) >= 11 is 0. The van der Waals surface area contributed by atoms with Crippen molar-refractivity contribution in [3.63, 3.8) is 0 Å². The third kappa shape index (κ3) is 9.06. The molecule has 4 fully saturated rings. The van der Waals surface area contributed by atoms with Gasteiger partial charge in [0, 0.05) is 36.9 Å². The van der Waals surface area contributed by atoms with Crippen molar-refractivity contribution in [3.05, 3.63) is 143 Å². The lowest BCUT2D eigenvalue weighted by molar-refractivity contribution is -0.213. The number of nitrogens with one attached hydrogen (secondary N) is 2. The van der Waals surface area contributed by atoms with Crippen molar-refractivity contribution in [2.24, 2.45) is 5.41 Å². The maximum absolute atomic E-state index is 15.0. The first-order chi connectivity index (χ1) is 30.8. The topological polar surface area (TPSA) is 182 Å². The van der Waals surface area contributed by atoms with Crippen LogP contribution in [0.3, 0.4) is 0 Å². The van der Waals surface area contributed by atoms with E-state index in [2.05, 4.69) is 10.6 Å². The Morgan fingerprint density at radius 2 is 1.52 bits per heavy atom. The fourth-order valence-electron chi connectivity index (χ4n) is 9.34. The van der Waals surface area contributed by atoms with Gasteiger partial charge in [-0.2, -0.15) is 5.06 Å². The van der Waals surface area contributed by atoms with Crippen LogP contribution < -0.4 is 10.6 Å². The minimum atomic E-state index is -1.53. The largest absolute Gasteiger partial charge is 0.508 e. The average Bonchev–Trinajstić information content (AvgIpc) is 3.86. The highest BCUT2D eigenvalue weighted by Gasteiger charge is 2.76. The number of hydrogen-bond acceptors (Lipinski definition) is 12. The third-order valence-corrected chi connectivity index (χ3v) is 12.2. The Balaban J connectivity index is 1.07. The number of rotatable bonds is 16. The molecule has 8 rings (SSSR count). The van der Waals surface area contributed by atoms with Gasteiger partial charge in [0.1, 0.15) is 41.2 Å². The maximum atomic E-state index is 15.0. The fraction of sp³-hybridized carbons (Fsp3) is 0.400. The molecule has 0 spiro atoms. The molecule has 7 unspecified atom stereocenters. The van der Waals surface area contributed by atoms with E-state index < -0.39 is 83.7 Å². The van der Waals surface area contributed by atoms with Gasteiger partial charge in [0.05, 0.1) is 19.2 Å². The molecule has 1 aliphatic carbocycles. The molecule has 3 saturated heterocycles. The van der Waals surface area contributed by atoms with Gasteiger partial charge in [-0.25, -0.2) is 0 Å². The second-order valence-electron chi connectivity index (χ2n) is 17.7. The highest BCUT2D eigenvalue weighted by atomic mass is 16.8. The Labute approximate surface area is 372 Å². The van der Waals surface area contributed by atoms with E-state index in [0.717, 1.165) is 16.7 Å². The zero-order valence-electron chi connectivity index (χ0n) is 36.2. The highest BCUT2D eigenvalue weighted by Crippen LogP contribution is 2.59. The summed E-state index contributed by atoms with van der Waals surface area (Å²) in [5.74, 6) is -3.26. The number of aliphatic hydroxyl groups is 1. The minimum Gasteiger partial charge on any atom is -0.508 e. The second-order valence-corrected chi connectivity index (χ2v) is 17.7. The lowest BCUT2D eigenvalue weighted by Crippen LogP contribution is -2.69. The number of ether oxygens (including phenoxy) is 4. The van der Waals surface area contributed by atoms with E-state index in [1.54, 1.807) is 32.9 Å². The number of nitrogens with zero attached hydrogens (tertiary/aromatic N) is 1. The number of esters is 2. The van der Waals surface area contributed by atoms with E-state index in [9.17, 15) is 29.4 Å². The summed E-state index contributed by atoms with van der Waals surface area (Å²) in [6, 6.07) is 31.9. The Bertz CT molecular complexity index is 2310. The summed E-state index contributed by atoms with van der Waals surface area (Å²) in [6.45, 7) is 4.90. The number of carbonyl (C=O) groups is 4. The second kappa shape index (κ2) is 18.7. The number of fused-ring (bicyclic) bond motifs is 4. The Morgan fingerprint density at radius 3 is 2.19 bits per heavy atom. The summed E-state index contributed by atoms with van der Waals surface area (Å²) in [5, 5.41) is 27.5. The molecule has 336 valence electrons. The normalized spacial score (nSPS) is 25.0. The molecular formula is C50H55N3O11. The minimum absolute atomic E-state index is 0.00135. The van der Waals surface area contributed by atoms with Gasteiger partial charge in [-0.3, -0.25) is 24.0 Å². The number of para-hydroxylation sites is 1. The van der Waals surface area contributed by atoms with E-state index >= 15 is 0 Å². The molecule has 2 amide bonds. The van der Waals surface area contributed by atoms with Crippen molar-refractivity contribution in [1.82, 2.24) is 15.7 Å². The van der Waals surface area contributed by atoms with Gasteiger partial charge < -0.3 is 39.8 Å². The van der Waals surface area contributed by atoms with Crippen molar-refractivity contribution < 1.29 is 53.2 Å². The van der Waals surface area contributed by atoms with Crippen LogP contribution in [0.1, 0.15) is 74.3 Å². The van der Waals surface area contributed by atoms with Crippen LogP contribution in [-0.2, 0) is 61.7 Å². The molecule has 64 heavy (non-hydrogen) atoms. The average molecular weight is 874 g/mol. The van der Waals surface area contributed by atoms with Crippen LogP contribution in [0.15, 0.2) is 115 Å². The number of hydroxylamine groups is 2. The van der Waals surface area contributed by atoms with Gasteiger partial charge in [-0.05, 0) is 56.4 Å². The van der Waals surface area contributed by atoms with Gasteiger partial charge >= 0.3 is 11.9 Å². The molecule has 4 aromatic carbocycles. The van der Waals surface area contributed by atoms with Gasteiger partial charge in [0.2, 0.25) is 17.6 Å². The quantitative estimate of drug-likeness (QED) is 0.108. The van der Waals surface area contributed by atoms with E-state index in [-0.39, 0.29) is 44.5 Å². The molecule has 3 aliphatic heterocycles. The molecule has 14 heteroatoms. The standard InChI is InChI=1S/C50H55N3O11/c1-48(2,3)61-41(57)26-25-37(31-54)52-40(56)27-28-51-47(59)49-29-39-42-43(63-50(62-42,35-20-6-4-7-21-35)36-22-8-5-9-23-36)45(49)64-53(44(49)46(58)60-39)30-34-17-11-10-15-32(34)18-14-19-33-16-12-13-24-38(33)55/h4-18,20-24,37,39,42-45,54-55H,19,25-31H2,1-3H3,(H,51,59)(H,52,56). The summed E-state index contributed by atoms with van der Waals surface area (Å²) in [7, 11) is 0. The summed E-state index contributed by atoms with van der Waals surface area (Å²) < 4.78 is 25.6. The Morgan fingerprint density at radius 1 is 0.875 bits per heavy atom. The lowest BCUT2D eigenvalue weighted by atomic mass is 9.62. The van der Waals surface area contributed by atoms with Gasteiger partial charge in [-0.1, -0.05) is 115 Å². The predicted octanol–water partition coefficient (Wildman–Crippen LogP) is 5.24. The number of amides is 2. The van der Waals surface area contributed by atoms with Crippen LogP contribution in [0.2, 0.25) is 0 Å². The first-order valence-electron chi connectivity index (χ1n) is 21.8. The number of allylic oxidation sites excluding steroid dienone is 1. The van der Waals surface area contributed by atoms with Crippen molar-refractivity contribution in [3.8, 4) is 5.75 Å². The molecule has 4 aliphatic rings. The molecule has 14 nitrogen and oxygen atoms in total. The number of phenols is 1. The number of benzene rings is 4. The number of phenolic OH excluding ortho intramolecular Hbond substituents is 1. The highest BCUT2D eigenvalue weighted by molar-refractivity contribution is 5.94. The van der Waals surface area contributed by atoms with Crippen molar-refractivity contribution in [2.45, 2.75) is 107 Å². The summed E-state index contributed by atoms with van der Waals surface area (Å²) in [6.07, 6.45) is 0.864. The number of aromatic hydroxyl groups is 1. The van der Waals surface area contributed by atoms with Crippen LogP contribution in [0.4, 0.5) is 0 Å². The smallest absolute Gasteiger partial charge is 0.327 e. The summed E-state index contributed by atoms with van der Waals surface area (Å²) in [4.78, 5) is 61.7. The van der Waals surface area contributed by atoms with E-state index in [0.29, 0.717) is 17.5 Å². The maximum Gasteiger partial charge on any atom is 0.327 e. The van der Waals surface area contributed by atoms with Crippen LogP contribution in [0, 0.1) is 5.41 Å². The molecule has 4 aromatic rings. The van der Waals surface area contributed by atoms with Crippen LogP contribution in [-0.4, -0.2) is 94.3 Å². The zero-order chi connectivity index (χ0) is 45.1. The van der Waals surface area contributed by atoms with E-state index in [4.69, 9.17) is 23.8 Å². The van der Waals surface area contributed by atoms with E-state index in [1.165, 1.54) is 5.06 Å². The third-order valence-electron chi connectivity index (χ3n) is 12.2. The van der Waals surface area contributed by atoms with Gasteiger partial charge in [0.15, 0.2) is 6.04 Å². The van der Waals surface area contributed by atoms with Gasteiger partial charge in [0.25, 0.3) is 0 Å². The molecule has 0 radical (unpaired) electrons. The molecule has 7 atom stereocenters. The fourth-order valence-corrected chi connectivity index (χ4v) is 9.34. The molecule has 0 aromatic heterocycles. The van der Waals surface area contributed by atoms with E-state index in [1.807, 2.05) is 109 Å². The van der Waals surface area contributed by atoms with Crippen LogP contribution in [0.25, 0.3) is 6.08 Å². The molecular weight excluding hydrogens is 819 g/mol. The number of aliphatic hydroxyl groups excluding tert-OH is 1. The molecule has 2 bridgehead atoms. The Hall–Kier alpha value is -5.90. The number of hydrogen-bond donors (Lipinski definition) is 4. The van der Waals surface area contributed by atoms with Crippen molar-refractivity contribution in [2.75, 3.05) is 13.2 Å². The van der Waals surface area contributed by atoms with Crippen molar-refractivity contribution >= 4 is 29.8 Å². The molecule has 3 heterocycles. The molecule has 1 saturated carbocycles. The van der Waals surface area contributed by atoms with Crippen molar-refractivity contribution in [1.29, 1.82) is 0 Å². The SMILES string of the molecule is CC(C)(C)OC(=O)CCC(CO)NC(=O)CCNC(=O)C12CC3OC(=O)C1N(Cc1ccccc1C=CCc1ccccc1O)OC2C1OC(c2ccccc2)(c2ccccc2)OC31. The van der Waals surface area contributed by atoms with Crippen LogP contribution >= 0.6 is 0 Å². The zero-order valence-corrected chi connectivity index (χ0v) is 36.2. The lowest BCUT2D eigenvalue weighted by Gasteiger charge is -2.48. The predicted molar refractivity (Wildman–Crippen MR) is 234 cm³/mol. The Kier molecular flexibility index (Phi) is 13.0. The van der Waals surface area contributed by atoms with Gasteiger partial charge in [-0.15, -0.1) is 0 Å². The first kappa shape index (κ1) is 44.7. The summed E-state index contributed by atoms with van der Waals surface area (Å²) in [5.41, 5.74) is 1.67. The number of carbonyl (C=O) groups excluding carboxylic acids is 4. The monoisotopic (exact) mass is 873 g/mol.